The van der Waals surface area contributed by atoms with Gasteiger partial charge in [-0.2, -0.15) is 0 Å². The van der Waals surface area contributed by atoms with E-state index in [-0.39, 0.29) is 11.6 Å². The summed E-state index contributed by atoms with van der Waals surface area (Å²) in [5, 5.41) is 3.14. The Balaban J connectivity index is 1.88. The van der Waals surface area contributed by atoms with Gasteiger partial charge in [0.15, 0.2) is 0 Å². The van der Waals surface area contributed by atoms with Crippen molar-refractivity contribution in [1.29, 1.82) is 0 Å². The smallest absolute Gasteiger partial charge is 0.128 e. The van der Waals surface area contributed by atoms with Crippen LogP contribution in [0.3, 0.4) is 0 Å². The molecule has 0 fully saturated rings. The number of halogens is 2. The van der Waals surface area contributed by atoms with E-state index in [2.05, 4.69) is 15.3 Å². The van der Waals surface area contributed by atoms with Gasteiger partial charge >= 0.3 is 0 Å². The minimum Gasteiger partial charge on any atom is -0.378 e. The van der Waals surface area contributed by atoms with Gasteiger partial charge in [0, 0.05) is 23.6 Å². The lowest BCUT2D eigenvalue weighted by atomic mass is 10.1. The summed E-state index contributed by atoms with van der Waals surface area (Å²) in [6, 6.07) is 8.58. The Bertz CT molecular complexity index is 789. The Hall–Kier alpha value is -2.56. The highest BCUT2D eigenvalue weighted by molar-refractivity contribution is 5.78. The number of aromatic nitrogens is 2. The van der Waals surface area contributed by atoms with Crippen LogP contribution in [-0.4, -0.2) is 9.97 Å². The van der Waals surface area contributed by atoms with Crippen molar-refractivity contribution in [1.82, 2.24) is 9.97 Å². The number of rotatable bonds is 3. The molecule has 0 saturated heterocycles. The maximum Gasteiger partial charge on any atom is 0.128 e. The van der Waals surface area contributed by atoms with Crippen LogP contribution in [0.15, 0.2) is 48.8 Å². The molecule has 0 radical (unpaired) electrons. The van der Waals surface area contributed by atoms with E-state index in [1.807, 2.05) is 18.2 Å². The maximum absolute atomic E-state index is 13.7. The quantitative estimate of drug-likeness (QED) is 0.788. The van der Waals surface area contributed by atoms with Gasteiger partial charge in [-0.3, -0.25) is 9.97 Å². The van der Waals surface area contributed by atoms with Crippen molar-refractivity contribution < 1.29 is 8.78 Å². The van der Waals surface area contributed by atoms with Gasteiger partial charge < -0.3 is 5.32 Å². The first kappa shape index (κ1) is 13.4. The molecule has 0 aliphatic rings. The van der Waals surface area contributed by atoms with Crippen molar-refractivity contribution in [2.75, 3.05) is 5.32 Å². The Kier molecular flexibility index (Phi) is 3.48. The van der Waals surface area contributed by atoms with Gasteiger partial charge in [0.25, 0.3) is 0 Å². The molecule has 1 aromatic heterocycles. The Labute approximate surface area is 120 Å². The van der Waals surface area contributed by atoms with E-state index in [1.165, 1.54) is 6.07 Å². The van der Waals surface area contributed by atoms with Crippen molar-refractivity contribution in [3.05, 3.63) is 66.0 Å². The van der Waals surface area contributed by atoms with Crippen molar-refractivity contribution >= 4 is 16.7 Å². The van der Waals surface area contributed by atoms with Gasteiger partial charge in [0.2, 0.25) is 0 Å². The highest BCUT2D eigenvalue weighted by Crippen LogP contribution is 2.24. The number of anilines is 1. The van der Waals surface area contributed by atoms with E-state index in [0.717, 1.165) is 28.9 Å². The maximum atomic E-state index is 13.7. The van der Waals surface area contributed by atoms with Crippen molar-refractivity contribution in [3.63, 3.8) is 0 Å². The summed E-state index contributed by atoms with van der Waals surface area (Å²) in [6.07, 6.45) is 3.24. The van der Waals surface area contributed by atoms with Crippen LogP contribution in [-0.2, 0) is 0 Å². The van der Waals surface area contributed by atoms with Crippen molar-refractivity contribution in [2.24, 2.45) is 0 Å². The predicted molar refractivity (Wildman–Crippen MR) is 77.9 cm³/mol. The molecule has 21 heavy (non-hydrogen) atoms. The molecule has 0 saturated carbocycles. The zero-order valence-corrected chi connectivity index (χ0v) is 11.3. The van der Waals surface area contributed by atoms with Crippen LogP contribution >= 0.6 is 0 Å². The molecule has 1 heterocycles. The van der Waals surface area contributed by atoms with Crippen molar-refractivity contribution in [3.8, 4) is 0 Å². The average Bonchev–Trinajstić information content (AvgIpc) is 2.49. The lowest BCUT2D eigenvalue weighted by Crippen LogP contribution is -2.09. The summed E-state index contributed by atoms with van der Waals surface area (Å²) in [6.45, 7) is 1.78. The average molecular weight is 285 g/mol. The SMILES string of the molecule is CC(Nc1ccc2nccnc2c1)c1cc(F)ccc1F. The third-order valence-electron chi connectivity index (χ3n) is 3.28. The minimum absolute atomic E-state index is 0.286. The topological polar surface area (TPSA) is 37.8 Å². The number of benzene rings is 2. The zero-order chi connectivity index (χ0) is 14.8. The molecule has 106 valence electrons. The Morgan fingerprint density at radius 2 is 1.71 bits per heavy atom. The van der Waals surface area contributed by atoms with Crippen LogP contribution in [0.2, 0.25) is 0 Å². The first-order valence-electron chi connectivity index (χ1n) is 6.56. The van der Waals surface area contributed by atoms with Crippen molar-refractivity contribution in [2.45, 2.75) is 13.0 Å². The fourth-order valence-electron chi connectivity index (χ4n) is 2.23. The zero-order valence-electron chi connectivity index (χ0n) is 11.3. The number of nitrogens with one attached hydrogen (secondary N) is 1. The lowest BCUT2D eigenvalue weighted by Gasteiger charge is -2.16. The van der Waals surface area contributed by atoms with Crippen LogP contribution in [0.4, 0.5) is 14.5 Å². The monoisotopic (exact) mass is 285 g/mol. The standard InChI is InChI=1S/C16H13F2N3/c1-10(13-8-11(17)2-4-14(13)18)21-12-3-5-15-16(9-12)20-7-6-19-15/h2-10,21H,1H3. The third kappa shape index (κ3) is 2.81. The molecule has 3 nitrogen and oxygen atoms in total. The highest BCUT2D eigenvalue weighted by atomic mass is 19.1. The normalized spacial score (nSPS) is 12.3. The first-order chi connectivity index (χ1) is 10.1. The Morgan fingerprint density at radius 1 is 0.952 bits per heavy atom. The largest absolute Gasteiger partial charge is 0.378 e. The third-order valence-corrected chi connectivity index (χ3v) is 3.28. The summed E-state index contributed by atoms with van der Waals surface area (Å²) in [5.74, 6) is -0.888. The van der Waals surface area contributed by atoms with Gasteiger partial charge in [-0.05, 0) is 43.3 Å². The van der Waals surface area contributed by atoms with Gasteiger partial charge in [-0.15, -0.1) is 0 Å². The molecular formula is C16H13F2N3. The van der Waals surface area contributed by atoms with E-state index < -0.39 is 11.6 Å². The molecule has 1 N–H and O–H groups in total. The molecule has 0 aliphatic carbocycles. The summed E-state index contributed by atoms with van der Waals surface area (Å²) in [5.41, 5.74) is 2.59. The van der Waals surface area contributed by atoms with Gasteiger partial charge in [0.05, 0.1) is 17.1 Å². The second-order valence-corrected chi connectivity index (χ2v) is 4.79. The molecule has 5 heteroatoms. The van der Waals surface area contributed by atoms with E-state index in [0.29, 0.717) is 0 Å². The van der Waals surface area contributed by atoms with Crippen LogP contribution in [0.25, 0.3) is 11.0 Å². The summed E-state index contributed by atoms with van der Waals surface area (Å²) in [4.78, 5) is 8.40. The van der Waals surface area contributed by atoms with E-state index in [9.17, 15) is 8.78 Å². The fourth-order valence-corrected chi connectivity index (χ4v) is 2.23. The molecule has 2 aromatic carbocycles. The summed E-state index contributed by atoms with van der Waals surface area (Å²) in [7, 11) is 0. The van der Waals surface area contributed by atoms with E-state index >= 15 is 0 Å². The summed E-state index contributed by atoms with van der Waals surface area (Å²) < 4.78 is 27.0. The summed E-state index contributed by atoms with van der Waals surface area (Å²) >= 11 is 0. The second kappa shape index (κ2) is 5.44. The lowest BCUT2D eigenvalue weighted by molar-refractivity contribution is 0.577. The molecule has 0 aliphatic heterocycles. The molecule has 3 aromatic rings. The predicted octanol–water partition coefficient (Wildman–Crippen LogP) is 4.08. The molecule has 1 atom stereocenters. The Morgan fingerprint density at radius 3 is 2.52 bits per heavy atom. The molecule has 0 spiro atoms. The molecule has 3 rings (SSSR count). The van der Waals surface area contributed by atoms with E-state index in [4.69, 9.17) is 0 Å². The first-order valence-corrected chi connectivity index (χ1v) is 6.56. The van der Waals surface area contributed by atoms with Crippen LogP contribution in [0.1, 0.15) is 18.5 Å². The molecule has 1 unspecified atom stereocenters. The number of hydrogen-bond donors (Lipinski definition) is 1. The fraction of sp³-hybridized carbons (Fsp3) is 0.125. The van der Waals surface area contributed by atoms with Gasteiger partial charge in [-0.25, -0.2) is 8.78 Å². The molecule has 0 amide bonds. The van der Waals surface area contributed by atoms with Gasteiger partial charge in [0.1, 0.15) is 11.6 Å². The second-order valence-electron chi connectivity index (χ2n) is 4.79. The van der Waals surface area contributed by atoms with Crippen LogP contribution in [0.5, 0.6) is 0 Å². The van der Waals surface area contributed by atoms with Crippen LogP contribution < -0.4 is 5.32 Å². The minimum atomic E-state index is -0.454. The van der Waals surface area contributed by atoms with Gasteiger partial charge in [-0.1, -0.05) is 0 Å². The molecular weight excluding hydrogens is 272 g/mol. The van der Waals surface area contributed by atoms with Crippen LogP contribution in [0, 0.1) is 11.6 Å². The van der Waals surface area contributed by atoms with E-state index in [1.54, 1.807) is 19.3 Å². The number of fused-ring (bicyclic) bond motifs is 1. The number of hydrogen-bond acceptors (Lipinski definition) is 3. The highest BCUT2D eigenvalue weighted by Gasteiger charge is 2.12. The number of nitrogens with zero attached hydrogens (tertiary/aromatic N) is 2. The molecule has 0 bridgehead atoms.